The van der Waals surface area contributed by atoms with E-state index in [1.54, 1.807) is 24.3 Å². The molecule has 6 heteroatoms. The summed E-state index contributed by atoms with van der Waals surface area (Å²) in [5.74, 6) is 0.367. The Kier molecular flexibility index (Phi) is 6.70. The second-order valence-electron chi connectivity index (χ2n) is 7.63. The van der Waals surface area contributed by atoms with Crippen molar-refractivity contribution in [3.05, 3.63) is 60.2 Å². The summed E-state index contributed by atoms with van der Waals surface area (Å²) in [6.45, 7) is 0. The van der Waals surface area contributed by atoms with Crippen LogP contribution < -0.4 is 16.0 Å². The van der Waals surface area contributed by atoms with Crippen molar-refractivity contribution in [3.8, 4) is 0 Å². The van der Waals surface area contributed by atoms with Gasteiger partial charge in [0.2, 0.25) is 5.91 Å². The number of piperidine rings is 1. The van der Waals surface area contributed by atoms with Gasteiger partial charge in [-0.1, -0.05) is 18.2 Å². The molecular weight excluding hydrogens is 374 g/mol. The Bertz CT molecular complexity index is 798. The van der Waals surface area contributed by atoms with Gasteiger partial charge in [0.1, 0.15) is 0 Å². The maximum atomic E-state index is 12.4. The van der Waals surface area contributed by atoms with Gasteiger partial charge in [-0.3, -0.25) is 9.59 Å². The van der Waals surface area contributed by atoms with Gasteiger partial charge >= 0.3 is 0 Å². The Morgan fingerprint density at radius 3 is 2.11 bits per heavy atom. The number of hydrogen-bond acceptors (Lipinski definition) is 3. The molecule has 5 nitrogen and oxygen atoms in total. The van der Waals surface area contributed by atoms with Gasteiger partial charge in [-0.15, -0.1) is 12.4 Å². The predicted molar refractivity (Wildman–Crippen MR) is 114 cm³/mol. The number of nitrogens with one attached hydrogen (secondary N) is 3. The average molecular weight is 400 g/mol. The number of rotatable bonds is 5. The molecule has 2 fully saturated rings. The smallest absolute Gasteiger partial charge is 0.255 e. The summed E-state index contributed by atoms with van der Waals surface area (Å²) < 4.78 is 0. The molecule has 148 valence electrons. The monoisotopic (exact) mass is 399 g/mol. The average Bonchev–Trinajstić information content (AvgIpc) is 3.01. The molecule has 2 aliphatic heterocycles. The summed E-state index contributed by atoms with van der Waals surface area (Å²) in [6, 6.07) is 17.6. The van der Waals surface area contributed by atoms with E-state index in [1.165, 1.54) is 12.8 Å². The summed E-state index contributed by atoms with van der Waals surface area (Å²) in [5.41, 5.74) is 2.05. The second-order valence-corrected chi connectivity index (χ2v) is 7.63. The molecule has 2 heterocycles. The Morgan fingerprint density at radius 2 is 1.46 bits per heavy atom. The van der Waals surface area contributed by atoms with E-state index < -0.39 is 0 Å². The first-order valence-corrected chi connectivity index (χ1v) is 9.68. The minimum Gasteiger partial charge on any atom is -0.326 e. The van der Waals surface area contributed by atoms with E-state index in [1.807, 2.05) is 30.3 Å². The number of fused-ring (bicyclic) bond motifs is 2. The lowest BCUT2D eigenvalue weighted by Crippen LogP contribution is -2.39. The van der Waals surface area contributed by atoms with Crippen molar-refractivity contribution in [1.82, 2.24) is 5.32 Å². The predicted octanol–water partition coefficient (Wildman–Crippen LogP) is 4.22. The highest BCUT2D eigenvalue weighted by Crippen LogP contribution is 2.32. The van der Waals surface area contributed by atoms with Crippen LogP contribution in [-0.4, -0.2) is 23.9 Å². The molecule has 0 aromatic heterocycles. The molecule has 2 amide bonds. The molecule has 2 aromatic carbocycles. The van der Waals surface area contributed by atoms with Crippen LogP contribution in [0.5, 0.6) is 0 Å². The second kappa shape index (κ2) is 9.22. The lowest BCUT2D eigenvalue weighted by atomic mass is 9.89. The Labute approximate surface area is 171 Å². The highest BCUT2D eigenvalue weighted by molar-refractivity contribution is 6.04. The van der Waals surface area contributed by atoms with E-state index in [9.17, 15) is 9.59 Å². The number of para-hydroxylation sites is 1. The Balaban J connectivity index is 0.00000225. The summed E-state index contributed by atoms with van der Waals surface area (Å²) >= 11 is 0. The molecule has 2 aromatic rings. The lowest BCUT2D eigenvalue weighted by Gasteiger charge is -2.28. The molecule has 4 rings (SSSR count). The van der Waals surface area contributed by atoms with Crippen molar-refractivity contribution in [3.63, 3.8) is 0 Å². The maximum absolute atomic E-state index is 12.4. The first-order chi connectivity index (χ1) is 13.2. The van der Waals surface area contributed by atoms with Crippen molar-refractivity contribution in [2.24, 2.45) is 5.92 Å². The zero-order valence-corrected chi connectivity index (χ0v) is 16.5. The van der Waals surface area contributed by atoms with Crippen molar-refractivity contribution < 1.29 is 9.59 Å². The van der Waals surface area contributed by atoms with Gasteiger partial charge in [-0.25, -0.2) is 0 Å². The van der Waals surface area contributed by atoms with Crippen molar-refractivity contribution >= 4 is 35.6 Å². The van der Waals surface area contributed by atoms with E-state index in [0.717, 1.165) is 24.2 Å². The summed E-state index contributed by atoms with van der Waals surface area (Å²) in [7, 11) is 0. The lowest BCUT2D eigenvalue weighted by molar-refractivity contribution is -0.117. The Hall–Kier alpha value is -2.37. The van der Waals surface area contributed by atoms with Gasteiger partial charge in [0.05, 0.1) is 0 Å². The molecule has 0 radical (unpaired) electrons. The number of carbonyl (C=O) groups excluding carboxylic acids is 2. The summed E-state index contributed by atoms with van der Waals surface area (Å²) in [5, 5.41) is 9.43. The number of anilines is 2. The number of halogens is 1. The maximum Gasteiger partial charge on any atom is 0.255 e. The number of carbonyl (C=O) groups is 2. The normalized spacial score (nSPS) is 22.8. The Morgan fingerprint density at radius 1 is 0.857 bits per heavy atom. The van der Waals surface area contributed by atoms with Crippen LogP contribution in [-0.2, 0) is 4.79 Å². The zero-order chi connectivity index (χ0) is 18.6. The molecular formula is C22H26ClN3O2. The van der Waals surface area contributed by atoms with Gasteiger partial charge in [-0.2, -0.15) is 0 Å². The first kappa shape index (κ1) is 20.4. The van der Waals surface area contributed by atoms with Crippen LogP contribution in [0.1, 0.15) is 42.5 Å². The van der Waals surface area contributed by atoms with Crippen molar-refractivity contribution in [2.45, 2.75) is 44.2 Å². The largest absolute Gasteiger partial charge is 0.326 e. The molecule has 2 bridgehead atoms. The van der Waals surface area contributed by atoms with Crippen molar-refractivity contribution in [2.75, 3.05) is 10.6 Å². The summed E-state index contributed by atoms with van der Waals surface area (Å²) in [4.78, 5) is 24.6. The van der Waals surface area contributed by atoms with Crippen LogP contribution in [0.3, 0.4) is 0 Å². The molecule has 2 saturated heterocycles. The standard InChI is InChI=1S/C22H25N3O2.ClH/c26-21(14-15-12-19-10-11-20(13-15)23-19)24-18-8-6-16(7-9-18)22(27)25-17-4-2-1-3-5-17;/h1-9,15,19-20,23H,10-14H2,(H,24,26)(H,25,27);1H. The van der Waals surface area contributed by atoms with Gasteiger partial charge in [0.25, 0.3) is 5.91 Å². The molecule has 0 saturated carbocycles. The molecule has 0 spiro atoms. The third kappa shape index (κ3) is 5.12. The number of benzene rings is 2. The minimum atomic E-state index is -0.163. The molecule has 3 N–H and O–H groups in total. The number of amides is 2. The van der Waals surface area contributed by atoms with Crippen LogP contribution in [0.25, 0.3) is 0 Å². The van der Waals surface area contributed by atoms with Gasteiger partial charge < -0.3 is 16.0 Å². The quantitative estimate of drug-likeness (QED) is 0.705. The molecule has 2 aliphatic rings. The fourth-order valence-electron chi connectivity index (χ4n) is 4.25. The van der Waals surface area contributed by atoms with Gasteiger partial charge in [0, 0.05) is 35.4 Å². The molecule has 2 unspecified atom stereocenters. The van der Waals surface area contributed by atoms with Crippen LogP contribution in [0, 0.1) is 5.92 Å². The van der Waals surface area contributed by atoms with Crippen LogP contribution >= 0.6 is 12.4 Å². The van der Waals surface area contributed by atoms with Crippen LogP contribution in [0.15, 0.2) is 54.6 Å². The highest BCUT2D eigenvalue weighted by atomic mass is 35.5. The highest BCUT2D eigenvalue weighted by Gasteiger charge is 2.34. The van der Waals surface area contributed by atoms with E-state index >= 15 is 0 Å². The fourth-order valence-corrected chi connectivity index (χ4v) is 4.25. The van der Waals surface area contributed by atoms with E-state index in [4.69, 9.17) is 0 Å². The molecule has 2 atom stereocenters. The van der Waals surface area contributed by atoms with Crippen LogP contribution in [0.4, 0.5) is 11.4 Å². The van der Waals surface area contributed by atoms with Gasteiger partial charge in [-0.05, 0) is 68.0 Å². The van der Waals surface area contributed by atoms with E-state index in [-0.39, 0.29) is 24.2 Å². The van der Waals surface area contributed by atoms with E-state index in [0.29, 0.717) is 30.0 Å². The molecule has 0 aliphatic carbocycles. The molecule has 28 heavy (non-hydrogen) atoms. The number of hydrogen-bond donors (Lipinski definition) is 3. The van der Waals surface area contributed by atoms with Gasteiger partial charge in [0.15, 0.2) is 0 Å². The SMILES string of the molecule is Cl.O=C(CC1CC2CCC(C1)N2)Nc1ccc(C(=O)Nc2ccccc2)cc1. The topological polar surface area (TPSA) is 70.2 Å². The summed E-state index contributed by atoms with van der Waals surface area (Å²) in [6.07, 6.45) is 5.26. The third-order valence-corrected chi connectivity index (χ3v) is 5.51. The van der Waals surface area contributed by atoms with Crippen LogP contribution in [0.2, 0.25) is 0 Å². The van der Waals surface area contributed by atoms with E-state index in [2.05, 4.69) is 16.0 Å². The van der Waals surface area contributed by atoms with Crippen molar-refractivity contribution in [1.29, 1.82) is 0 Å². The third-order valence-electron chi connectivity index (χ3n) is 5.51. The zero-order valence-electron chi connectivity index (χ0n) is 15.7. The first-order valence-electron chi connectivity index (χ1n) is 9.68. The minimum absolute atomic E-state index is 0. The fraction of sp³-hybridized carbons (Fsp3) is 0.364.